The van der Waals surface area contributed by atoms with Crippen LogP contribution in [0.15, 0.2) is 9.50 Å². The minimum Gasteiger partial charge on any atom is -0.382 e. The van der Waals surface area contributed by atoms with Crippen LogP contribution in [0, 0.1) is 0 Å². The average Bonchev–Trinajstić information content (AvgIpc) is 2.97. The van der Waals surface area contributed by atoms with E-state index < -0.39 is 0 Å². The standard InChI is InChI=1S/C12H15N5O2S3/c1-20-12-16-10-8(22-12)9(13)14-11(15-10)21-6-7(18)17-2-4-19-5-3-17/h2-6H2,1H3,(H2,13,14,15). The molecule has 0 aromatic carbocycles. The summed E-state index contributed by atoms with van der Waals surface area (Å²) in [7, 11) is 0. The molecule has 2 aromatic rings. The van der Waals surface area contributed by atoms with Crippen molar-refractivity contribution < 1.29 is 9.53 Å². The second-order valence-corrected chi connectivity index (χ2v) is 7.50. The first kappa shape index (κ1) is 15.8. The smallest absolute Gasteiger partial charge is 0.233 e. The molecular formula is C12H15N5O2S3. The summed E-state index contributed by atoms with van der Waals surface area (Å²) < 4.78 is 6.94. The van der Waals surface area contributed by atoms with Gasteiger partial charge in [0.1, 0.15) is 10.5 Å². The van der Waals surface area contributed by atoms with Crippen molar-refractivity contribution in [3.05, 3.63) is 0 Å². The van der Waals surface area contributed by atoms with Crippen molar-refractivity contribution in [2.24, 2.45) is 0 Å². The number of thiazole rings is 1. The van der Waals surface area contributed by atoms with Gasteiger partial charge in [-0.15, -0.1) is 11.3 Å². The Labute approximate surface area is 140 Å². The maximum atomic E-state index is 12.1. The van der Waals surface area contributed by atoms with Crippen molar-refractivity contribution in [2.45, 2.75) is 9.50 Å². The second kappa shape index (κ2) is 6.99. The molecule has 1 fully saturated rings. The molecule has 0 unspecified atom stereocenters. The van der Waals surface area contributed by atoms with Gasteiger partial charge in [0.2, 0.25) is 5.91 Å². The molecule has 3 rings (SSSR count). The Balaban J connectivity index is 1.69. The molecule has 1 aliphatic heterocycles. The van der Waals surface area contributed by atoms with Gasteiger partial charge in [0.15, 0.2) is 15.1 Å². The summed E-state index contributed by atoms with van der Waals surface area (Å²) in [6.45, 7) is 2.49. The Morgan fingerprint density at radius 3 is 2.86 bits per heavy atom. The number of anilines is 1. The van der Waals surface area contributed by atoms with E-state index in [1.165, 1.54) is 23.1 Å². The van der Waals surface area contributed by atoms with Crippen LogP contribution < -0.4 is 5.73 Å². The van der Waals surface area contributed by atoms with E-state index >= 15 is 0 Å². The van der Waals surface area contributed by atoms with E-state index in [4.69, 9.17) is 10.5 Å². The maximum Gasteiger partial charge on any atom is 0.233 e. The molecule has 10 heteroatoms. The molecule has 0 spiro atoms. The van der Waals surface area contributed by atoms with Gasteiger partial charge in [0, 0.05) is 13.1 Å². The third-order valence-electron chi connectivity index (χ3n) is 3.10. The minimum absolute atomic E-state index is 0.0682. The summed E-state index contributed by atoms with van der Waals surface area (Å²) in [5.74, 6) is 0.785. The number of fused-ring (bicyclic) bond motifs is 1. The highest BCUT2D eigenvalue weighted by Crippen LogP contribution is 2.31. The number of thioether (sulfide) groups is 2. The van der Waals surface area contributed by atoms with Crippen LogP contribution in [-0.4, -0.2) is 64.1 Å². The highest BCUT2D eigenvalue weighted by molar-refractivity contribution is 8.00. The Kier molecular flexibility index (Phi) is 5.01. The fourth-order valence-electron chi connectivity index (χ4n) is 1.99. The number of amides is 1. The SMILES string of the molecule is CSc1nc2nc(SCC(=O)N3CCOCC3)nc(N)c2s1. The van der Waals surface area contributed by atoms with E-state index in [1.807, 2.05) is 6.26 Å². The highest BCUT2D eigenvalue weighted by Gasteiger charge is 2.18. The van der Waals surface area contributed by atoms with Gasteiger partial charge in [0.25, 0.3) is 0 Å². The molecular weight excluding hydrogens is 342 g/mol. The number of nitrogen functional groups attached to an aromatic ring is 1. The van der Waals surface area contributed by atoms with E-state index in [1.54, 1.807) is 16.7 Å². The van der Waals surface area contributed by atoms with Gasteiger partial charge < -0.3 is 15.4 Å². The first-order valence-corrected chi connectivity index (χ1v) is 9.66. The van der Waals surface area contributed by atoms with Crippen molar-refractivity contribution in [3.63, 3.8) is 0 Å². The van der Waals surface area contributed by atoms with Crippen molar-refractivity contribution in [1.29, 1.82) is 0 Å². The van der Waals surface area contributed by atoms with E-state index in [2.05, 4.69) is 15.0 Å². The highest BCUT2D eigenvalue weighted by atomic mass is 32.2. The fourth-order valence-corrected chi connectivity index (χ4v) is 4.14. The Morgan fingerprint density at radius 2 is 2.14 bits per heavy atom. The molecule has 22 heavy (non-hydrogen) atoms. The lowest BCUT2D eigenvalue weighted by molar-refractivity contribution is -0.132. The molecule has 0 saturated carbocycles. The lowest BCUT2D eigenvalue weighted by Gasteiger charge is -2.26. The van der Waals surface area contributed by atoms with E-state index in [0.29, 0.717) is 48.7 Å². The minimum atomic E-state index is 0.0682. The molecule has 1 aliphatic rings. The predicted octanol–water partition coefficient (Wildman–Crippen LogP) is 1.34. The Morgan fingerprint density at radius 1 is 1.36 bits per heavy atom. The van der Waals surface area contributed by atoms with Gasteiger partial charge in [-0.05, 0) is 6.26 Å². The van der Waals surface area contributed by atoms with Gasteiger partial charge >= 0.3 is 0 Å². The number of rotatable bonds is 4. The maximum absolute atomic E-state index is 12.1. The van der Waals surface area contributed by atoms with Crippen LogP contribution in [0.1, 0.15) is 0 Å². The van der Waals surface area contributed by atoms with E-state index in [0.717, 1.165) is 9.04 Å². The molecule has 3 heterocycles. The Hall–Kier alpha value is -1.10. The zero-order chi connectivity index (χ0) is 15.5. The average molecular weight is 357 g/mol. The fraction of sp³-hybridized carbons (Fsp3) is 0.500. The lowest BCUT2D eigenvalue weighted by Crippen LogP contribution is -2.41. The largest absolute Gasteiger partial charge is 0.382 e. The topological polar surface area (TPSA) is 94.2 Å². The molecule has 0 bridgehead atoms. The number of hydrogen-bond acceptors (Lipinski definition) is 9. The molecule has 2 aromatic heterocycles. The number of nitrogens with zero attached hydrogens (tertiary/aromatic N) is 4. The third kappa shape index (κ3) is 3.45. The summed E-state index contributed by atoms with van der Waals surface area (Å²) in [6.07, 6.45) is 1.96. The van der Waals surface area contributed by atoms with E-state index in [-0.39, 0.29) is 5.91 Å². The van der Waals surface area contributed by atoms with Crippen LogP contribution in [0.4, 0.5) is 5.82 Å². The number of morpholine rings is 1. The molecule has 2 N–H and O–H groups in total. The number of carbonyl (C=O) groups is 1. The van der Waals surface area contributed by atoms with Crippen LogP contribution >= 0.6 is 34.9 Å². The van der Waals surface area contributed by atoms with Gasteiger partial charge in [-0.3, -0.25) is 4.79 Å². The molecule has 0 radical (unpaired) electrons. The van der Waals surface area contributed by atoms with Gasteiger partial charge in [-0.25, -0.2) is 15.0 Å². The molecule has 0 aliphatic carbocycles. The zero-order valence-corrected chi connectivity index (χ0v) is 14.4. The van der Waals surface area contributed by atoms with Gasteiger partial charge in [-0.2, -0.15) is 0 Å². The molecule has 7 nitrogen and oxygen atoms in total. The number of carbonyl (C=O) groups excluding carboxylic acids is 1. The normalized spacial score (nSPS) is 15.4. The van der Waals surface area contributed by atoms with Crippen molar-refractivity contribution in [1.82, 2.24) is 19.9 Å². The van der Waals surface area contributed by atoms with Crippen LogP contribution in [-0.2, 0) is 9.53 Å². The van der Waals surface area contributed by atoms with Crippen LogP contribution in [0.2, 0.25) is 0 Å². The van der Waals surface area contributed by atoms with E-state index in [9.17, 15) is 4.79 Å². The zero-order valence-electron chi connectivity index (χ0n) is 11.9. The Bertz CT molecular complexity index is 687. The molecule has 0 atom stereocenters. The number of nitrogens with two attached hydrogens (primary N) is 1. The van der Waals surface area contributed by atoms with Crippen molar-refractivity contribution in [3.8, 4) is 0 Å². The van der Waals surface area contributed by atoms with Crippen LogP contribution in [0.3, 0.4) is 0 Å². The monoisotopic (exact) mass is 357 g/mol. The number of ether oxygens (including phenoxy) is 1. The molecule has 118 valence electrons. The van der Waals surface area contributed by atoms with Crippen molar-refractivity contribution >= 4 is 56.9 Å². The van der Waals surface area contributed by atoms with Crippen LogP contribution in [0.5, 0.6) is 0 Å². The summed E-state index contributed by atoms with van der Waals surface area (Å²) in [4.78, 5) is 27.0. The lowest BCUT2D eigenvalue weighted by atomic mass is 10.4. The van der Waals surface area contributed by atoms with Gasteiger partial charge in [-0.1, -0.05) is 23.5 Å². The summed E-state index contributed by atoms with van der Waals surface area (Å²) in [5, 5.41) is 0.490. The summed E-state index contributed by atoms with van der Waals surface area (Å²) in [5.41, 5.74) is 6.56. The molecule has 1 saturated heterocycles. The summed E-state index contributed by atoms with van der Waals surface area (Å²) >= 11 is 4.33. The van der Waals surface area contributed by atoms with Crippen molar-refractivity contribution in [2.75, 3.05) is 44.0 Å². The quantitative estimate of drug-likeness (QED) is 0.647. The van der Waals surface area contributed by atoms with Gasteiger partial charge in [0.05, 0.1) is 19.0 Å². The summed E-state index contributed by atoms with van der Waals surface area (Å²) in [6, 6.07) is 0. The predicted molar refractivity (Wildman–Crippen MR) is 89.5 cm³/mol. The third-order valence-corrected chi connectivity index (χ3v) is 5.99. The first-order chi connectivity index (χ1) is 10.7. The number of aromatic nitrogens is 3. The molecule has 1 amide bonds. The number of hydrogen-bond donors (Lipinski definition) is 1. The van der Waals surface area contributed by atoms with Crippen LogP contribution in [0.25, 0.3) is 10.3 Å². The second-order valence-electron chi connectivity index (χ2n) is 4.51. The first-order valence-electron chi connectivity index (χ1n) is 6.63.